The van der Waals surface area contributed by atoms with E-state index < -0.39 is 23.5 Å². The van der Waals surface area contributed by atoms with Gasteiger partial charge >= 0.3 is 0 Å². The lowest BCUT2D eigenvalue weighted by molar-refractivity contribution is -0.128. The lowest BCUT2D eigenvalue weighted by Crippen LogP contribution is -2.43. The smallest absolute Gasteiger partial charge is 0.241 e. The second-order valence-electron chi connectivity index (χ2n) is 5.74. The van der Waals surface area contributed by atoms with Gasteiger partial charge in [0, 0.05) is 0 Å². The number of carbonyl (C=O) groups is 2. The number of benzene rings is 1. The molecule has 3 aliphatic heterocycles. The van der Waals surface area contributed by atoms with Crippen LogP contribution in [0, 0.1) is 11.8 Å². The van der Waals surface area contributed by atoms with Gasteiger partial charge in [0.2, 0.25) is 11.8 Å². The van der Waals surface area contributed by atoms with Gasteiger partial charge in [0.15, 0.2) is 0 Å². The van der Waals surface area contributed by atoms with Gasteiger partial charge in [-0.2, -0.15) is 0 Å². The molecular formula is C16H15NO5. The second kappa shape index (κ2) is 4.41. The van der Waals surface area contributed by atoms with Crippen LogP contribution in [0.15, 0.2) is 36.4 Å². The molecule has 2 amide bonds. The lowest BCUT2D eigenvalue weighted by atomic mass is 9.77. The second-order valence-corrected chi connectivity index (χ2v) is 5.74. The number of amides is 2. The molecule has 6 nitrogen and oxygen atoms in total. The summed E-state index contributed by atoms with van der Waals surface area (Å²) in [5.41, 5.74) is -0.638. The zero-order chi connectivity index (χ0) is 15.5. The number of para-hydroxylation sites is 2. The molecule has 114 valence electrons. The first-order valence-corrected chi connectivity index (χ1v) is 7.12. The van der Waals surface area contributed by atoms with Crippen LogP contribution < -0.4 is 9.64 Å². The van der Waals surface area contributed by atoms with Crippen LogP contribution >= 0.6 is 0 Å². The molecule has 0 unspecified atom stereocenters. The lowest BCUT2D eigenvalue weighted by Gasteiger charge is -2.26. The van der Waals surface area contributed by atoms with Crippen LogP contribution in [0.5, 0.6) is 5.75 Å². The summed E-state index contributed by atoms with van der Waals surface area (Å²) in [6.45, 7) is -0.319. The van der Waals surface area contributed by atoms with Crippen molar-refractivity contribution in [2.45, 2.75) is 11.7 Å². The van der Waals surface area contributed by atoms with Gasteiger partial charge in [-0.15, -0.1) is 0 Å². The number of fused-ring (bicyclic) bond motifs is 5. The molecule has 3 aliphatic rings. The van der Waals surface area contributed by atoms with Crippen LogP contribution in [0.25, 0.3) is 0 Å². The first kappa shape index (κ1) is 13.5. The van der Waals surface area contributed by atoms with E-state index >= 15 is 0 Å². The highest BCUT2D eigenvalue weighted by Crippen LogP contribution is 2.52. The van der Waals surface area contributed by atoms with Crippen molar-refractivity contribution in [3.05, 3.63) is 36.4 Å². The van der Waals surface area contributed by atoms with Crippen LogP contribution in [0.1, 0.15) is 0 Å². The number of aliphatic hydroxyl groups excluding tert-OH is 1. The van der Waals surface area contributed by atoms with Crippen molar-refractivity contribution in [1.82, 2.24) is 0 Å². The topological polar surface area (TPSA) is 76.1 Å². The van der Waals surface area contributed by atoms with Crippen LogP contribution in [0.4, 0.5) is 5.69 Å². The molecule has 0 aromatic heterocycles. The SMILES string of the molecule is COc1ccccc1N1C(=O)[C@@H]2[C@@H]3C=C[C@](CO)(O3)[C@@H]2C1=O. The molecule has 1 aromatic carbocycles. The molecule has 1 aromatic rings. The minimum Gasteiger partial charge on any atom is -0.495 e. The van der Waals surface area contributed by atoms with Crippen molar-refractivity contribution < 1.29 is 24.2 Å². The first-order chi connectivity index (χ1) is 10.6. The van der Waals surface area contributed by atoms with Gasteiger partial charge in [0.1, 0.15) is 11.4 Å². The highest BCUT2D eigenvalue weighted by Gasteiger charge is 2.67. The largest absolute Gasteiger partial charge is 0.495 e. The third-order valence-corrected chi connectivity index (χ3v) is 4.73. The maximum Gasteiger partial charge on any atom is 0.241 e. The van der Waals surface area contributed by atoms with Crippen molar-refractivity contribution in [1.29, 1.82) is 0 Å². The third kappa shape index (κ3) is 1.46. The number of nitrogens with zero attached hydrogens (tertiary/aromatic N) is 1. The molecule has 0 radical (unpaired) electrons. The monoisotopic (exact) mass is 301 g/mol. The van der Waals surface area contributed by atoms with E-state index in [9.17, 15) is 14.7 Å². The Hall–Kier alpha value is -2.18. The Morgan fingerprint density at radius 3 is 2.82 bits per heavy atom. The average molecular weight is 301 g/mol. The Balaban J connectivity index is 1.80. The number of carbonyl (C=O) groups excluding carboxylic acids is 2. The van der Waals surface area contributed by atoms with Gasteiger partial charge in [0.05, 0.1) is 37.3 Å². The Morgan fingerprint density at radius 1 is 1.32 bits per heavy atom. The zero-order valence-electron chi connectivity index (χ0n) is 11.9. The maximum atomic E-state index is 12.8. The Bertz CT molecular complexity index is 700. The molecule has 4 rings (SSSR count). The van der Waals surface area contributed by atoms with Gasteiger partial charge in [-0.05, 0) is 12.1 Å². The summed E-state index contributed by atoms with van der Waals surface area (Å²) in [4.78, 5) is 26.8. The third-order valence-electron chi connectivity index (χ3n) is 4.73. The molecular weight excluding hydrogens is 286 g/mol. The molecule has 2 bridgehead atoms. The summed E-state index contributed by atoms with van der Waals surface area (Å²) < 4.78 is 11.0. The van der Waals surface area contributed by atoms with Gasteiger partial charge in [-0.25, -0.2) is 4.90 Å². The van der Waals surface area contributed by atoms with E-state index in [0.29, 0.717) is 11.4 Å². The molecule has 6 heteroatoms. The number of rotatable bonds is 3. The normalized spacial score (nSPS) is 35.4. The van der Waals surface area contributed by atoms with E-state index in [1.807, 2.05) is 0 Å². The molecule has 1 N–H and O–H groups in total. The molecule has 22 heavy (non-hydrogen) atoms. The van der Waals surface area contributed by atoms with Crippen LogP contribution in [0.3, 0.4) is 0 Å². The molecule has 2 saturated heterocycles. The minimum absolute atomic E-state index is 0.302. The fraction of sp³-hybridized carbons (Fsp3) is 0.375. The van der Waals surface area contributed by atoms with Crippen molar-refractivity contribution in [2.24, 2.45) is 11.8 Å². The Kier molecular flexibility index (Phi) is 2.70. The molecule has 0 aliphatic carbocycles. The van der Waals surface area contributed by atoms with E-state index in [-0.39, 0.29) is 18.4 Å². The van der Waals surface area contributed by atoms with Crippen LogP contribution in [-0.4, -0.2) is 42.3 Å². The number of ether oxygens (including phenoxy) is 2. The van der Waals surface area contributed by atoms with Crippen molar-refractivity contribution >= 4 is 17.5 Å². The summed E-state index contributed by atoms with van der Waals surface area (Å²) in [7, 11) is 1.49. The van der Waals surface area contributed by atoms with E-state index in [1.165, 1.54) is 12.0 Å². The summed E-state index contributed by atoms with van der Waals surface area (Å²) >= 11 is 0. The maximum absolute atomic E-state index is 12.8. The quantitative estimate of drug-likeness (QED) is 0.650. The minimum atomic E-state index is -1.07. The number of hydrogen-bond acceptors (Lipinski definition) is 5. The molecule has 4 atom stereocenters. The van der Waals surface area contributed by atoms with E-state index in [2.05, 4.69) is 0 Å². The molecule has 0 saturated carbocycles. The summed E-state index contributed by atoms with van der Waals surface area (Å²) in [5.74, 6) is -1.44. The van der Waals surface area contributed by atoms with E-state index in [4.69, 9.17) is 9.47 Å². The summed E-state index contributed by atoms with van der Waals surface area (Å²) in [6, 6.07) is 6.90. The average Bonchev–Trinajstić information content (AvgIpc) is 3.18. The number of anilines is 1. The fourth-order valence-electron chi connectivity index (χ4n) is 3.74. The van der Waals surface area contributed by atoms with Crippen molar-refractivity contribution in [2.75, 3.05) is 18.6 Å². The predicted octanol–water partition coefficient (Wildman–Crippen LogP) is 0.500. The van der Waals surface area contributed by atoms with Gasteiger partial charge in [-0.1, -0.05) is 24.3 Å². The predicted molar refractivity (Wildman–Crippen MR) is 76.3 cm³/mol. The molecule has 0 spiro atoms. The van der Waals surface area contributed by atoms with Crippen LogP contribution in [-0.2, 0) is 14.3 Å². The summed E-state index contributed by atoms with van der Waals surface area (Å²) in [6.07, 6.45) is 3.01. The zero-order valence-corrected chi connectivity index (χ0v) is 11.9. The van der Waals surface area contributed by atoms with Crippen molar-refractivity contribution in [3.63, 3.8) is 0 Å². The Labute approximate surface area is 126 Å². The fourth-order valence-corrected chi connectivity index (χ4v) is 3.74. The first-order valence-electron chi connectivity index (χ1n) is 7.12. The standard InChI is InChI=1S/C16H15NO5/c1-21-10-5-3-2-4-9(10)17-14(19)12-11-6-7-16(8-18,22-11)13(12)15(17)20/h2-7,11-13,18H,8H2,1H3/t11-,12+,13-,16+/m0/s1. The van der Waals surface area contributed by atoms with E-state index in [1.54, 1.807) is 36.4 Å². The van der Waals surface area contributed by atoms with Gasteiger partial charge < -0.3 is 14.6 Å². The van der Waals surface area contributed by atoms with Crippen LogP contribution in [0.2, 0.25) is 0 Å². The molecule has 2 fully saturated rings. The molecule has 3 heterocycles. The number of methoxy groups -OCH3 is 1. The number of imide groups is 1. The number of aliphatic hydroxyl groups is 1. The van der Waals surface area contributed by atoms with E-state index in [0.717, 1.165) is 0 Å². The highest BCUT2D eigenvalue weighted by atomic mass is 16.5. The van der Waals surface area contributed by atoms with Crippen molar-refractivity contribution in [3.8, 4) is 5.75 Å². The van der Waals surface area contributed by atoms with Gasteiger partial charge in [0.25, 0.3) is 0 Å². The van der Waals surface area contributed by atoms with Gasteiger partial charge in [-0.3, -0.25) is 9.59 Å². The Morgan fingerprint density at radius 2 is 2.09 bits per heavy atom. The summed E-state index contributed by atoms with van der Waals surface area (Å²) in [5, 5.41) is 9.67. The highest BCUT2D eigenvalue weighted by molar-refractivity contribution is 6.24. The number of hydrogen-bond donors (Lipinski definition) is 1.